The highest BCUT2D eigenvalue weighted by atomic mass is 79.9. The first-order valence-corrected chi connectivity index (χ1v) is 9.99. The van der Waals surface area contributed by atoms with Crippen LogP contribution in [0.1, 0.15) is 41.6 Å². The Hall–Kier alpha value is -2.67. The van der Waals surface area contributed by atoms with E-state index in [0.717, 1.165) is 29.3 Å². The predicted molar refractivity (Wildman–Crippen MR) is 108 cm³/mol. The fourth-order valence-electron chi connectivity index (χ4n) is 3.44. The van der Waals surface area contributed by atoms with Gasteiger partial charge in [0.1, 0.15) is 11.8 Å². The van der Waals surface area contributed by atoms with E-state index in [1.54, 1.807) is 19.2 Å². The number of piperidine rings is 1. The van der Waals surface area contributed by atoms with Crippen LogP contribution in [0, 0.1) is 0 Å². The predicted octanol–water partition coefficient (Wildman–Crippen LogP) is 4.88. The van der Waals surface area contributed by atoms with Crippen molar-refractivity contribution in [2.75, 3.05) is 13.7 Å². The van der Waals surface area contributed by atoms with Crippen molar-refractivity contribution in [2.45, 2.75) is 25.3 Å². The molecule has 1 aromatic heterocycles. The molecule has 0 radical (unpaired) electrons. The summed E-state index contributed by atoms with van der Waals surface area (Å²) in [5.41, 5.74) is 1.47. The second-order valence-electron chi connectivity index (χ2n) is 6.71. The summed E-state index contributed by atoms with van der Waals surface area (Å²) in [4.78, 5) is 19.6. The number of nitrogens with zero attached hydrogens (tertiary/aromatic N) is 3. The van der Waals surface area contributed by atoms with Crippen molar-refractivity contribution in [3.63, 3.8) is 0 Å². The highest BCUT2D eigenvalue weighted by Crippen LogP contribution is 2.33. The summed E-state index contributed by atoms with van der Waals surface area (Å²) in [5.74, 6) is 1.62. The summed E-state index contributed by atoms with van der Waals surface area (Å²) in [5, 5.41) is 4.13. The highest BCUT2D eigenvalue weighted by Gasteiger charge is 2.33. The molecule has 4 rings (SSSR count). The molecule has 1 aliphatic heterocycles. The van der Waals surface area contributed by atoms with Crippen LogP contribution in [0.5, 0.6) is 5.75 Å². The largest absolute Gasteiger partial charge is 0.497 e. The van der Waals surface area contributed by atoms with Gasteiger partial charge in [0.2, 0.25) is 11.7 Å². The molecule has 3 aromatic rings. The third-order valence-corrected chi connectivity index (χ3v) is 5.44. The van der Waals surface area contributed by atoms with E-state index in [4.69, 9.17) is 9.26 Å². The van der Waals surface area contributed by atoms with Crippen LogP contribution in [0.2, 0.25) is 0 Å². The number of likely N-dealkylation sites (tertiary alicyclic amines) is 1. The van der Waals surface area contributed by atoms with Gasteiger partial charge in [-0.25, -0.2) is 0 Å². The van der Waals surface area contributed by atoms with E-state index in [1.165, 1.54) is 0 Å². The van der Waals surface area contributed by atoms with E-state index < -0.39 is 0 Å². The molecule has 2 heterocycles. The van der Waals surface area contributed by atoms with E-state index in [9.17, 15) is 4.79 Å². The number of methoxy groups -OCH3 is 1. The molecule has 28 heavy (non-hydrogen) atoms. The van der Waals surface area contributed by atoms with Gasteiger partial charge in [0.05, 0.1) is 7.11 Å². The van der Waals surface area contributed by atoms with Gasteiger partial charge in [0.15, 0.2) is 0 Å². The lowest BCUT2D eigenvalue weighted by atomic mass is 10.0. The van der Waals surface area contributed by atoms with E-state index in [-0.39, 0.29) is 11.9 Å². The van der Waals surface area contributed by atoms with Crippen LogP contribution < -0.4 is 4.74 Å². The third kappa shape index (κ3) is 3.80. The number of hydrogen-bond acceptors (Lipinski definition) is 5. The van der Waals surface area contributed by atoms with Crippen LogP contribution >= 0.6 is 15.9 Å². The standard InChI is InChI=1S/C21H20BrN3O3/c1-27-17-6-4-5-15(13-17)21(26)25-12-3-2-7-18(25)20-23-19(24-28-20)14-8-10-16(22)11-9-14/h4-6,8-11,13,18H,2-3,7,12H2,1H3. The zero-order chi connectivity index (χ0) is 19.5. The minimum absolute atomic E-state index is 0.0491. The number of benzene rings is 2. The molecule has 2 aromatic carbocycles. The molecule has 0 spiro atoms. The van der Waals surface area contributed by atoms with Gasteiger partial charge in [-0.1, -0.05) is 27.2 Å². The molecule has 1 aliphatic rings. The summed E-state index contributed by atoms with van der Waals surface area (Å²) < 4.78 is 11.8. The van der Waals surface area contributed by atoms with Gasteiger partial charge >= 0.3 is 0 Å². The molecule has 1 unspecified atom stereocenters. The maximum absolute atomic E-state index is 13.1. The number of amides is 1. The number of hydrogen-bond donors (Lipinski definition) is 0. The molecule has 6 nitrogen and oxygen atoms in total. The summed E-state index contributed by atoms with van der Waals surface area (Å²) >= 11 is 3.42. The van der Waals surface area contributed by atoms with E-state index in [1.807, 2.05) is 41.3 Å². The fraction of sp³-hybridized carbons (Fsp3) is 0.286. The number of carbonyl (C=O) groups is 1. The van der Waals surface area contributed by atoms with E-state index in [2.05, 4.69) is 26.1 Å². The SMILES string of the molecule is COc1cccc(C(=O)N2CCCCC2c2nc(-c3ccc(Br)cc3)no2)c1. The van der Waals surface area contributed by atoms with Crippen molar-refractivity contribution in [1.29, 1.82) is 0 Å². The van der Waals surface area contributed by atoms with Crippen LogP contribution in [0.25, 0.3) is 11.4 Å². The molecular weight excluding hydrogens is 422 g/mol. The Bertz CT molecular complexity index is 971. The van der Waals surface area contributed by atoms with Gasteiger partial charge in [-0.15, -0.1) is 0 Å². The van der Waals surface area contributed by atoms with Crippen molar-refractivity contribution < 1.29 is 14.1 Å². The van der Waals surface area contributed by atoms with Crippen molar-refractivity contribution >= 4 is 21.8 Å². The van der Waals surface area contributed by atoms with Gasteiger partial charge in [-0.2, -0.15) is 4.98 Å². The van der Waals surface area contributed by atoms with E-state index >= 15 is 0 Å². The molecule has 1 fully saturated rings. The van der Waals surface area contributed by atoms with Crippen molar-refractivity contribution in [2.24, 2.45) is 0 Å². The lowest BCUT2D eigenvalue weighted by Gasteiger charge is -2.33. The molecule has 0 aliphatic carbocycles. The van der Waals surface area contributed by atoms with Crippen molar-refractivity contribution in [1.82, 2.24) is 15.0 Å². The molecule has 144 valence electrons. The zero-order valence-corrected chi connectivity index (χ0v) is 17.1. The third-order valence-electron chi connectivity index (χ3n) is 4.91. The van der Waals surface area contributed by atoms with Crippen LogP contribution in [0.15, 0.2) is 57.5 Å². The van der Waals surface area contributed by atoms with Crippen LogP contribution in [-0.4, -0.2) is 34.6 Å². The van der Waals surface area contributed by atoms with E-state index in [0.29, 0.717) is 29.6 Å². The quantitative estimate of drug-likeness (QED) is 0.577. The highest BCUT2D eigenvalue weighted by molar-refractivity contribution is 9.10. The first kappa shape index (κ1) is 18.7. The maximum Gasteiger partial charge on any atom is 0.254 e. The summed E-state index contributed by atoms with van der Waals surface area (Å²) in [6, 6.07) is 14.7. The Labute approximate surface area is 171 Å². The zero-order valence-electron chi connectivity index (χ0n) is 15.5. The molecule has 0 saturated carbocycles. The Kier molecular flexibility index (Phi) is 5.43. The van der Waals surface area contributed by atoms with Gasteiger partial charge < -0.3 is 14.2 Å². The minimum Gasteiger partial charge on any atom is -0.497 e. The molecule has 7 heteroatoms. The molecule has 1 saturated heterocycles. The Morgan fingerprint density at radius 3 is 2.82 bits per heavy atom. The maximum atomic E-state index is 13.1. The summed E-state index contributed by atoms with van der Waals surface area (Å²) in [6.45, 7) is 0.663. The fourth-order valence-corrected chi connectivity index (χ4v) is 3.70. The lowest BCUT2D eigenvalue weighted by Crippen LogP contribution is -2.38. The lowest BCUT2D eigenvalue weighted by molar-refractivity contribution is 0.0561. The van der Waals surface area contributed by atoms with Crippen LogP contribution in [0.4, 0.5) is 0 Å². The Morgan fingerprint density at radius 1 is 1.21 bits per heavy atom. The molecule has 1 amide bonds. The first-order valence-electron chi connectivity index (χ1n) is 9.20. The van der Waals surface area contributed by atoms with Crippen molar-refractivity contribution in [3.8, 4) is 17.1 Å². The summed E-state index contributed by atoms with van der Waals surface area (Å²) in [6.07, 6.45) is 2.78. The monoisotopic (exact) mass is 441 g/mol. The van der Waals surface area contributed by atoms with Crippen LogP contribution in [0.3, 0.4) is 0 Å². The van der Waals surface area contributed by atoms with Gasteiger partial charge in [-0.05, 0) is 61.7 Å². The summed E-state index contributed by atoms with van der Waals surface area (Å²) in [7, 11) is 1.59. The Morgan fingerprint density at radius 2 is 2.04 bits per heavy atom. The van der Waals surface area contributed by atoms with Gasteiger partial charge in [0, 0.05) is 22.1 Å². The van der Waals surface area contributed by atoms with Crippen molar-refractivity contribution in [3.05, 3.63) is 64.5 Å². The number of ether oxygens (including phenoxy) is 1. The molecular formula is C21H20BrN3O3. The molecule has 1 atom stereocenters. The average molecular weight is 442 g/mol. The second kappa shape index (κ2) is 8.14. The number of rotatable bonds is 4. The average Bonchev–Trinajstić information content (AvgIpc) is 3.24. The number of carbonyl (C=O) groups excluding carboxylic acids is 1. The minimum atomic E-state index is -0.218. The normalized spacial score (nSPS) is 16.8. The topological polar surface area (TPSA) is 68.5 Å². The van der Waals surface area contributed by atoms with Gasteiger partial charge in [0.25, 0.3) is 5.91 Å². The second-order valence-corrected chi connectivity index (χ2v) is 7.62. The Balaban J connectivity index is 1.60. The smallest absolute Gasteiger partial charge is 0.254 e. The number of halogens is 1. The molecule has 0 N–H and O–H groups in total. The van der Waals surface area contributed by atoms with Crippen LogP contribution in [-0.2, 0) is 0 Å². The van der Waals surface area contributed by atoms with Gasteiger partial charge in [-0.3, -0.25) is 4.79 Å². The first-order chi connectivity index (χ1) is 13.7. The number of aromatic nitrogens is 2. The molecule has 0 bridgehead atoms.